The maximum atomic E-state index is 11.6. The van der Waals surface area contributed by atoms with Crippen LogP contribution in [0.5, 0.6) is 0 Å². The molecule has 4 nitrogen and oxygen atoms in total. The van der Waals surface area contributed by atoms with Crippen molar-refractivity contribution in [1.82, 2.24) is 5.16 Å². The first-order valence-corrected chi connectivity index (χ1v) is 5.85. The monoisotopic (exact) mass is 240 g/mol. The molecule has 16 heavy (non-hydrogen) atoms. The Labute approximate surface area is 100 Å². The Hall–Kier alpha value is -0.970. The van der Waals surface area contributed by atoms with Gasteiger partial charge in [0.05, 0.1) is 5.69 Å². The van der Waals surface area contributed by atoms with E-state index in [4.69, 9.17) is 4.52 Å². The second kappa shape index (κ2) is 3.80. The quantitative estimate of drug-likeness (QED) is 0.764. The molecule has 1 aromatic rings. The molecule has 2 heterocycles. The van der Waals surface area contributed by atoms with Crippen LogP contribution in [0.4, 0.5) is 5.88 Å². The van der Waals surface area contributed by atoms with Crippen molar-refractivity contribution in [3.05, 3.63) is 11.8 Å². The molecule has 1 aromatic heterocycles. The highest BCUT2D eigenvalue weighted by Crippen LogP contribution is 2.29. The number of thiol groups is 1. The molecule has 1 unspecified atom stereocenters. The largest absolute Gasteiger partial charge is 0.338 e. The molecule has 1 aliphatic heterocycles. The summed E-state index contributed by atoms with van der Waals surface area (Å²) >= 11 is 4.30. The lowest BCUT2D eigenvalue weighted by Crippen LogP contribution is -2.24. The van der Waals surface area contributed by atoms with Crippen LogP contribution in [0.3, 0.4) is 0 Å². The molecule has 0 saturated carbocycles. The summed E-state index contributed by atoms with van der Waals surface area (Å²) < 4.78 is 5.21. The molecule has 1 aliphatic rings. The normalized spacial score (nSPS) is 21.9. The minimum atomic E-state index is -0.0646. The number of aromatic nitrogens is 1. The maximum absolute atomic E-state index is 11.6. The Morgan fingerprint density at radius 2 is 2.25 bits per heavy atom. The predicted octanol–water partition coefficient (Wildman–Crippen LogP) is 2.01. The summed E-state index contributed by atoms with van der Waals surface area (Å²) in [5.41, 5.74) is 0.795. The number of nitrogens with zero attached hydrogens (tertiary/aromatic N) is 2. The molecule has 0 radical (unpaired) electrons. The highest BCUT2D eigenvalue weighted by molar-refractivity contribution is 7.81. The first kappa shape index (κ1) is 11.5. The second-order valence-electron chi connectivity index (χ2n) is 5.16. The number of amides is 1. The van der Waals surface area contributed by atoms with Gasteiger partial charge in [-0.1, -0.05) is 25.9 Å². The smallest absolute Gasteiger partial charge is 0.234 e. The van der Waals surface area contributed by atoms with Crippen LogP contribution in [0.1, 0.15) is 32.9 Å². The van der Waals surface area contributed by atoms with Gasteiger partial charge in [-0.05, 0) is 0 Å². The molecule has 1 atom stereocenters. The number of rotatable bonds is 1. The van der Waals surface area contributed by atoms with E-state index in [1.165, 1.54) is 0 Å². The first-order chi connectivity index (χ1) is 7.38. The lowest BCUT2D eigenvalue weighted by Gasteiger charge is -2.13. The predicted molar refractivity (Wildman–Crippen MR) is 64.9 cm³/mol. The van der Waals surface area contributed by atoms with Crippen LogP contribution in [-0.2, 0) is 10.2 Å². The van der Waals surface area contributed by atoms with E-state index in [1.54, 1.807) is 4.90 Å². The van der Waals surface area contributed by atoms with Gasteiger partial charge in [0.25, 0.3) is 0 Å². The molecular weight excluding hydrogens is 224 g/mol. The molecule has 1 saturated heterocycles. The van der Waals surface area contributed by atoms with Gasteiger partial charge in [0.15, 0.2) is 0 Å². The Balaban J connectivity index is 2.23. The fourth-order valence-corrected chi connectivity index (χ4v) is 1.97. The van der Waals surface area contributed by atoms with Gasteiger partial charge in [-0.25, -0.2) is 0 Å². The van der Waals surface area contributed by atoms with E-state index in [0.29, 0.717) is 18.8 Å². The van der Waals surface area contributed by atoms with Crippen LogP contribution in [0.2, 0.25) is 0 Å². The molecule has 5 heteroatoms. The minimum Gasteiger partial charge on any atom is -0.338 e. The minimum absolute atomic E-state index is 0.0524. The van der Waals surface area contributed by atoms with E-state index in [1.807, 2.05) is 6.07 Å². The van der Waals surface area contributed by atoms with E-state index >= 15 is 0 Å². The van der Waals surface area contributed by atoms with Crippen molar-refractivity contribution in [1.29, 1.82) is 0 Å². The molecule has 1 fully saturated rings. The van der Waals surface area contributed by atoms with Crippen LogP contribution >= 0.6 is 12.6 Å². The van der Waals surface area contributed by atoms with Gasteiger partial charge in [-0.15, -0.1) is 0 Å². The van der Waals surface area contributed by atoms with Gasteiger partial charge >= 0.3 is 0 Å². The van der Waals surface area contributed by atoms with Gasteiger partial charge in [0.2, 0.25) is 11.8 Å². The Bertz CT molecular complexity index is 408. The van der Waals surface area contributed by atoms with Crippen LogP contribution in [0.15, 0.2) is 10.6 Å². The number of hydrogen-bond acceptors (Lipinski definition) is 4. The Morgan fingerprint density at radius 3 is 2.69 bits per heavy atom. The van der Waals surface area contributed by atoms with Crippen molar-refractivity contribution < 1.29 is 9.32 Å². The Kier molecular flexibility index (Phi) is 2.74. The van der Waals surface area contributed by atoms with E-state index in [2.05, 4.69) is 38.6 Å². The molecule has 0 aromatic carbocycles. The zero-order valence-corrected chi connectivity index (χ0v) is 10.6. The summed E-state index contributed by atoms with van der Waals surface area (Å²) in [7, 11) is 0. The summed E-state index contributed by atoms with van der Waals surface area (Å²) in [6.07, 6.45) is 0.467. The van der Waals surface area contributed by atoms with E-state index in [0.717, 1.165) is 5.69 Å². The van der Waals surface area contributed by atoms with Crippen LogP contribution in [-0.4, -0.2) is 22.9 Å². The van der Waals surface area contributed by atoms with Gasteiger partial charge in [0, 0.05) is 29.7 Å². The van der Waals surface area contributed by atoms with E-state index in [9.17, 15) is 4.79 Å². The van der Waals surface area contributed by atoms with Gasteiger partial charge in [-0.3, -0.25) is 9.69 Å². The first-order valence-electron chi connectivity index (χ1n) is 5.33. The maximum Gasteiger partial charge on any atom is 0.234 e. The van der Waals surface area contributed by atoms with Crippen molar-refractivity contribution in [2.24, 2.45) is 0 Å². The van der Waals surface area contributed by atoms with Gasteiger partial charge < -0.3 is 4.52 Å². The summed E-state index contributed by atoms with van der Waals surface area (Å²) in [4.78, 5) is 13.2. The molecule has 2 rings (SSSR count). The third-order valence-electron chi connectivity index (χ3n) is 2.64. The molecule has 88 valence electrons. The summed E-state index contributed by atoms with van der Waals surface area (Å²) in [5.74, 6) is 0.586. The van der Waals surface area contributed by atoms with Gasteiger partial charge in [0.1, 0.15) is 0 Å². The summed E-state index contributed by atoms with van der Waals surface area (Å²) in [6, 6.07) is 1.84. The zero-order chi connectivity index (χ0) is 11.9. The van der Waals surface area contributed by atoms with Crippen molar-refractivity contribution >= 4 is 24.4 Å². The third kappa shape index (κ3) is 2.09. The zero-order valence-electron chi connectivity index (χ0n) is 9.73. The van der Waals surface area contributed by atoms with Crippen LogP contribution in [0, 0.1) is 0 Å². The average molecular weight is 240 g/mol. The summed E-state index contributed by atoms with van der Waals surface area (Å²) in [5, 5.41) is 4.09. The molecule has 1 amide bonds. The Morgan fingerprint density at radius 1 is 1.56 bits per heavy atom. The molecule has 0 N–H and O–H groups in total. The number of carbonyl (C=O) groups is 1. The third-order valence-corrected chi connectivity index (χ3v) is 2.98. The molecular formula is C11H16N2O2S. The standard InChI is InChI=1S/C11H16N2O2S/c1-11(2,3)8-5-10(15-12-8)13-6-7(16)4-9(13)14/h5,7,16H,4,6H2,1-3H3. The lowest BCUT2D eigenvalue weighted by molar-refractivity contribution is -0.117. The van der Waals surface area contributed by atoms with Crippen molar-refractivity contribution in [2.45, 2.75) is 37.9 Å². The molecule has 0 aliphatic carbocycles. The van der Waals surface area contributed by atoms with Gasteiger partial charge in [-0.2, -0.15) is 12.6 Å². The SMILES string of the molecule is CC(C)(C)c1cc(N2CC(S)CC2=O)on1. The van der Waals surface area contributed by atoms with Crippen molar-refractivity contribution in [3.63, 3.8) is 0 Å². The number of anilines is 1. The number of hydrogen-bond donors (Lipinski definition) is 1. The van der Waals surface area contributed by atoms with Crippen LogP contribution < -0.4 is 4.90 Å². The highest BCUT2D eigenvalue weighted by atomic mass is 32.1. The topological polar surface area (TPSA) is 46.3 Å². The van der Waals surface area contributed by atoms with Crippen molar-refractivity contribution in [3.8, 4) is 0 Å². The molecule has 0 bridgehead atoms. The second-order valence-corrected chi connectivity index (χ2v) is 5.89. The average Bonchev–Trinajstić information content (AvgIpc) is 2.70. The highest BCUT2D eigenvalue weighted by Gasteiger charge is 2.31. The van der Waals surface area contributed by atoms with Crippen LogP contribution in [0.25, 0.3) is 0 Å². The fraction of sp³-hybridized carbons (Fsp3) is 0.636. The lowest BCUT2D eigenvalue weighted by atomic mass is 9.92. The summed E-state index contributed by atoms with van der Waals surface area (Å²) in [6.45, 7) is 6.77. The van der Waals surface area contributed by atoms with E-state index in [-0.39, 0.29) is 16.6 Å². The number of carbonyl (C=O) groups excluding carboxylic acids is 1. The molecule has 0 spiro atoms. The van der Waals surface area contributed by atoms with E-state index < -0.39 is 0 Å². The van der Waals surface area contributed by atoms with Crippen molar-refractivity contribution in [2.75, 3.05) is 11.4 Å². The fourth-order valence-electron chi connectivity index (χ4n) is 1.65.